The maximum atomic E-state index is 11.4. The van der Waals surface area contributed by atoms with Crippen LogP contribution < -0.4 is 10.6 Å². The second-order valence-corrected chi connectivity index (χ2v) is 4.35. The van der Waals surface area contributed by atoms with Gasteiger partial charge in [-0.3, -0.25) is 14.4 Å². The summed E-state index contributed by atoms with van der Waals surface area (Å²) < 4.78 is 0. The van der Waals surface area contributed by atoms with Gasteiger partial charge in [-0.25, -0.2) is 0 Å². The zero-order chi connectivity index (χ0) is 12.8. The van der Waals surface area contributed by atoms with E-state index in [2.05, 4.69) is 10.6 Å². The van der Waals surface area contributed by atoms with Crippen LogP contribution in [-0.2, 0) is 14.4 Å². The molecule has 0 saturated heterocycles. The minimum Gasteiger partial charge on any atom is -0.481 e. The summed E-state index contributed by atoms with van der Waals surface area (Å²) in [4.78, 5) is 32.8. The molecule has 0 spiro atoms. The molecule has 1 saturated carbocycles. The molecule has 6 nitrogen and oxygen atoms in total. The summed E-state index contributed by atoms with van der Waals surface area (Å²) in [7, 11) is 0. The van der Waals surface area contributed by atoms with Gasteiger partial charge in [0.1, 0.15) is 0 Å². The van der Waals surface area contributed by atoms with Gasteiger partial charge >= 0.3 is 5.97 Å². The Bertz CT molecular complexity index is 317. The molecule has 1 rings (SSSR count). The Balaban J connectivity index is 2.00. The number of carboxylic acids is 1. The van der Waals surface area contributed by atoms with E-state index in [9.17, 15) is 14.4 Å². The number of carboxylic acid groups (broad SMARTS) is 1. The highest BCUT2D eigenvalue weighted by Crippen LogP contribution is 2.37. The molecule has 96 valence electrons. The molecule has 1 aliphatic rings. The van der Waals surface area contributed by atoms with Crippen LogP contribution in [0.25, 0.3) is 0 Å². The Labute approximate surface area is 99.8 Å². The second kappa shape index (κ2) is 6.22. The Morgan fingerprint density at radius 3 is 2.29 bits per heavy atom. The van der Waals surface area contributed by atoms with E-state index in [0.29, 0.717) is 12.5 Å². The van der Waals surface area contributed by atoms with Gasteiger partial charge in [0.2, 0.25) is 11.8 Å². The zero-order valence-corrected chi connectivity index (χ0v) is 9.86. The molecular formula is C11H18N2O4. The molecule has 1 fully saturated rings. The lowest BCUT2D eigenvalue weighted by Crippen LogP contribution is -2.32. The maximum Gasteiger partial charge on any atom is 0.305 e. The number of carbonyl (C=O) groups excluding carboxylic acids is 2. The van der Waals surface area contributed by atoms with Crippen molar-refractivity contribution in [2.75, 3.05) is 13.1 Å². The van der Waals surface area contributed by atoms with E-state index in [4.69, 9.17) is 5.11 Å². The van der Waals surface area contributed by atoms with Crippen LogP contribution in [0.2, 0.25) is 0 Å². The van der Waals surface area contributed by atoms with Gasteiger partial charge in [-0.15, -0.1) is 0 Å². The summed E-state index contributed by atoms with van der Waals surface area (Å²) in [5.41, 5.74) is 0. The van der Waals surface area contributed by atoms with Gasteiger partial charge in [-0.05, 0) is 12.3 Å². The lowest BCUT2D eigenvalue weighted by atomic mass is 10.3. The quantitative estimate of drug-likeness (QED) is 0.573. The van der Waals surface area contributed by atoms with E-state index < -0.39 is 5.97 Å². The molecule has 2 unspecified atom stereocenters. The Morgan fingerprint density at radius 1 is 1.18 bits per heavy atom. The molecule has 1 aliphatic carbocycles. The van der Waals surface area contributed by atoms with Crippen LogP contribution >= 0.6 is 0 Å². The second-order valence-electron chi connectivity index (χ2n) is 4.35. The average molecular weight is 242 g/mol. The van der Waals surface area contributed by atoms with Crippen LogP contribution in [0, 0.1) is 11.8 Å². The molecule has 17 heavy (non-hydrogen) atoms. The summed E-state index contributed by atoms with van der Waals surface area (Å²) in [5, 5.41) is 13.5. The number of rotatable bonds is 7. The third-order valence-electron chi connectivity index (χ3n) is 2.76. The summed E-state index contributed by atoms with van der Waals surface area (Å²) in [6, 6.07) is 0. The Hall–Kier alpha value is -1.59. The van der Waals surface area contributed by atoms with Gasteiger partial charge in [0.05, 0.1) is 6.42 Å². The molecule has 6 heteroatoms. The highest BCUT2D eigenvalue weighted by atomic mass is 16.4. The van der Waals surface area contributed by atoms with E-state index in [-0.39, 0.29) is 37.1 Å². The molecule has 3 N–H and O–H groups in total. The highest BCUT2D eigenvalue weighted by Gasteiger charge is 2.38. The SMILES string of the molecule is CC1CC1C(=O)NCCC(=O)NCCC(=O)O. The first kappa shape index (κ1) is 13.5. The number of aliphatic carboxylic acids is 1. The fourth-order valence-electron chi connectivity index (χ4n) is 1.51. The van der Waals surface area contributed by atoms with Gasteiger partial charge in [0, 0.05) is 25.4 Å². The van der Waals surface area contributed by atoms with Crippen LogP contribution in [0.3, 0.4) is 0 Å². The highest BCUT2D eigenvalue weighted by molar-refractivity contribution is 5.82. The summed E-state index contributed by atoms with van der Waals surface area (Å²) >= 11 is 0. The van der Waals surface area contributed by atoms with Gasteiger partial charge in [0.25, 0.3) is 0 Å². The van der Waals surface area contributed by atoms with E-state index in [1.54, 1.807) is 0 Å². The molecule has 0 aromatic rings. The number of nitrogens with one attached hydrogen (secondary N) is 2. The Kier molecular flexibility index (Phi) is 4.93. The van der Waals surface area contributed by atoms with Crippen molar-refractivity contribution in [3.8, 4) is 0 Å². The van der Waals surface area contributed by atoms with Gasteiger partial charge in [-0.2, -0.15) is 0 Å². The lowest BCUT2D eigenvalue weighted by molar-refractivity contribution is -0.137. The summed E-state index contributed by atoms with van der Waals surface area (Å²) in [6.07, 6.45) is 1.03. The zero-order valence-electron chi connectivity index (χ0n) is 9.86. The number of carbonyl (C=O) groups is 3. The van der Waals surface area contributed by atoms with Crippen LogP contribution in [0.15, 0.2) is 0 Å². The van der Waals surface area contributed by atoms with Crippen molar-refractivity contribution in [3.05, 3.63) is 0 Å². The van der Waals surface area contributed by atoms with E-state index >= 15 is 0 Å². The first-order chi connectivity index (χ1) is 8.00. The van der Waals surface area contributed by atoms with Crippen molar-refractivity contribution < 1.29 is 19.5 Å². The van der Waals surface area contributed by atoms with Gasteiger partial charge in [-0.1, -0.05) is 6.92 Å². The molecule has 0 bridgehead atoms. The number of amides is 2. The first-order valence-corrected chi connectivity index (χ1v) is 5.77. The maximum absolute atomic E-state index is 11.4. The third-order valence-corrected chi connectivity index (χ3v) is 2.76. The van der Waals surface area contributed by atoms with Crippen LogP contribution in [0.5, 0.6) is 0 Å². The van der Waals surface area contributed by atoms with Crippen molar-refractivity contribution in [2.24, 2.45) is 11.8 Å². The van der Waals surface area contributed by atoms with Gasteiger partial charge < -0.3 is 15.7 Å². The van der Waals surface area contributed by atoms with Crippen molar-refractivity contribution in [2.45, 2.75) is 26.2 Å². The predicted molar refractivity (Wildman–Crippen MR) is 60.2 cm³/mol. The first-order valence-electron chi connectivity index (χ1n) is 5.77. The third kappa shape index (κ3) is 5.33. The molecule has 0 heterocycles. The average Bonchev–Trinajstić information content (AvgIpc) is 2.95. The lowest BCUT2D eigenvalue weighted by Gasteiger charge is -2.05. The molecule has 2 amide bonds. The van der Waals surface area contributed by atoms with Gasteiger partial charge in [0.15, 0.2) is 0 Å². The topological polar surface area (TPSA) is 95.5 Å². The molecule has 2 atom stereocenters. The molecule has 0 radical (unpaired) electrons. The normalized spacial score (nSPS) is 21.7. The predicted octanol–water partition coefficient (Wildman–Crippen LogP) is -0.260. The standard InChI is InChI=1S/C11H18N2O4/c1-7-6-8(7)11(17)13-4-2-9(14)12-5-3-10(15)16/h7-8H,2-6H2,1H3,(H,12,14)(H,13,17)(H,15,16). The van der Waals surface area contributed by atoms with Crippen molar-refractivity contribution in [3.63, 3.8) is 0 Å². The molecule has 0 aromatic carbocycles. The van der Waals surface area contributed by atoms with Crippen molar-refractivity contribution >= 4 is 17.8 Å². The van der Waals surface area contributed by atoms with E-state index in [0.717, 1.165) is 6.42 Å². The minimum absolute atomic E-state index is 0.0100. The largest absolute Gasteiger partial charge is 0.481 e. The Morgan fingerprint density at radius 2 is 1.76 bits per heavy atom. The smallest absolute Gasteiger partial charge is 0.305 e. The summed E-state index contributed by atoms with van der Waals surface area (Å²) in [6.45, 7) is 2.45. The van der Waals surface area contributed by atoms with Crippen LogP contribution in [0.1, 0.15) is 26.2 Å². The monoisotopic (exact) mass is 242 g/mol. The molecule has 0 aromatic heterocycles. The number of hydrogen-bond acceptors (Lipinski definition) is 3. The summed E-state index contributed by atoms with van der Waals surface area (Å²) in [5.74, 6) is -0.600. The fraction of sp³-hybridized carbons (Fsp3) is 0.727. The van der Waals surface area contributed by atoms with E-state index in [1.807, 2.05) is 6.92 Å². The number of hydrogen-bond donors (Lipinski definition) is 3. The van der Waals surface area contributed by atoms with Crippen LogP contribution in [0.4, 0.5) is 0 Å². The molecular weight excluding hydrogens is 224 g/mol. The van der Waals surface area contributed by atoms with Crippen molar-refractivity contribution in [1.82, 2.24) is 10.6 Å². The van der Waals surface area contributed by atoms with E-state index in [1.165, 1.54) is 0 Å². The fourth-order valence-corrected chi connectivity index (χ4v) is 1.51. The molecule has 0 aliphatic heterocycles. The minimum atomic E-state index is -0.943. The van der Waals surface area contributed by atoms with Crippen molar-refractivity contribution in [1.29, 1.82) is 0 Å². The van der Waals surface area contributed by atoms with Crippen LogP contribution in [-0.4, -0.2) is 36.0 Å².